The summed E-state index contributed by atoms with van der Waals surface area (Å²) in [5.41, 5.74) is 0.835. The first kappa shape index (κ1) is 8.72. The van der Waals surface area contributed by atoms with Crippen LogP contribution in [0, 0.1) is 0 Å². The molecule has 0 radical (unpaired) electrons. The number of benzene rings is 1. The summed E-state index contributed by atoms with van der Waals surface area (Å²) in [6, 6.07) is 7.27. The molecule has 1 heterocycles. The van der Waals surface area contributed by atoms with Crippen molar-refractivity contribution in [3.8, 4) is 11.4 Å². The van der Waals surface area contributed by atoms with Gasteiger partial charge in [0.2, 0.25) is 5.82 Å². The van der Waals surface area contributed by atoms with E-state index in [1.807, 2.05) is 12.1 Å². The van der Waals surface area contributed by atoms with Gasteiger partial charge in [-0.15, -0.1) is 0 Å². The second-order valence-electron chi connectivity index (χ2n) is 2.38. The largest absolute Gasteiger partial charge is 0.326 e. The topological polar surface area (TPSA) is 38.9 Å². The van der Waals surface area contributed by atoms with Gasteiger partial charge in [-0.1, -0.05) is 28.9 Å². The molecule has 0 saturated carbocycles. The third-order valence-corrected chi connectivity index (χ3v) is 2.04. The van der Waals surface area contributed by atoms with Gasteiger partial charge in [0, 0.05) is 26.5 Å². The lowest BCUT2D eigenvalue weighted by Gasteiger charge is -1.93. The summed E-state index contributed by atoms with van der Waals surface area (Å²) in [5, 5.41) is 4.39. The maximum absolute atomic E-state index is 5.80. The van der Waals surface area contributed by atoms with Crippen LogP contribution in [-0.2, 0) is 0 Å². The maximum atomic E-state index is 5.80. The molecule has 0 fully saturated rings. The molecule has 0 amide bonds. The van der Waals surface area contributed by atoms with Crippen LogP contribution < -0.4 is 0 Å². The van der Waals surface area contributed by atoms with Crippen LogP contribution in [0.5, 0.6) is 0 Å². The van der Waals surface area contributed by atoms with E-state index < -0.39 is 0 Å². The van der Waals surface area contributed by atoms with E-state index in [4.69, 9.17) is 16.1 Å². The molecule has 0 aliphatic rings. The van der Waals surface area contributed by atoms with Crippen LogP contribution in [0.3, 0.4) is 0 Å². The number of aromatic nitrogens is 2. The molecule has 5 heteroatoms. The van der Waals surface area contributed by atoms with Crippen molar-refractivity contribution in [2.45, 2.75) is 0 Å². The Morgan fingerprint density at radius 1 is 1.38 bits per heavy atom. The van der Waals surface area contributed by atoms with Gasteiger partial charge in [0.15, 0.2) is 0 Å². The van der Waals surface area contributed by atoms with Crippen LogP contribution >= 0.6 is 27.5 Å². The zero-order chi connectivity index (χ0) is 9.26. The Hall–Kier alpha value is -0.870. The standard InChI is InChI=1S/C8H4BrClN2O/c9-8-11-7(12-13-8)5-2-1-3-6(10)4-5/h1-4H. The number of rotatable bonds is 1. The average molecular weight is 259 g/mol. The van der Waals surface area contributed by atoms with Gasteiger partial charge in [-0.3, -0.25) is 0 Å². The van der Waals surface area contributed by atoms with E-state index in [1.165, 1.54) is 0 Å². The molecule has 66 valence electrons. The second kappa shape index (κ2) is 3.47. The number of hydrogen-bond acceptors (Lipinski definition) is 3. The van der Waals surface area contributed by atoms with Crippen LogP contribution in [0.4, 0.5) is 0 Å². The highest BCUT2D eigenvalue weighted by atomic mass is 79.9. The third kappa shape index (κ3) is 1.89. The normalized spacial score (nSPS) is 10.3. The molecular formula is C8H4BrClN2O. The molecule has 0 N–H and O–H groups in total. The van der Waals surface area contributed by atoms with E-state index in [-0.39, 0.29) is 0 Å². The molecule has 0 bridgehead atoms. The van der Waals surface area contributed by atoms with Gasteiger partial charge in [0.1, 0.15) is 0 Å². The predicted octanol–water partition coefficient (Wildman–Crippen LogP) is 3.15. The van der Waals surface area contributed by atoms with Gasteiger partial charge in [0.25, 0.3) is 4.80 Å². The molecule has 0 unspecified atom stereocenters. The van der Waals surface area contributed by atoms with Gasteiger partial charge in [0.05, 0.1) is 0 Å². The first-order valence-electron chi connectivity index (χ1n) is 3.51. The van der Waals surface area contributed by atoms with Crippen LogP contribution in [0.15, 0.2) is 33.6 Å². The summed E-state index contributed by atoms with van der Waals surface area (Å²) in [6.45, 7) is 0. The average Bonchev–Trinajstić information content (AvgIpc) is 2.52. The molecule has 0 aliphatic carbocycles. The quantitative estimate of drug-likeness (QED) is 0.790. The highest BCUT2D eigenvalue weighted by Gasteiger charge is 2.05. The molecule has 1 aromatic carbocycles. The van der Waals surface area contributed by atoms with Crippen LogP contribution in [0.2, 0.25) is 5.02 Å². The molecule has 0 spiro atoms. The van der Waals surface area contributed by atoms with E-state index in [0.29, 0.717) is 15.6 Å². The van der Waals surface area contributed by atoms with Crippen molar-refractivity contribution in [3.05, 3.63) is 34.1 Å². The van der Waals surface area contributed by atoms with Crippen molar-refractivity contribution in [2.24, 2.45) is 0 Å². The van der Waals surface area contributed by atoms with Gasteiger partial charge >= 0.3 is 0 Å². The van der Waals surface area contributed by atoms with Crippen molar-refractivity contribution in [1.29, 1.82) is 0 Å². The lowest BCUT2D eigenvalue weighted by atomic mass is 10.2. The Morgan fingerprint density at radius 3 is 2.85 bits per heavy atom. The number of hydrogen-bond donors (Lipinski definition) is 0. The van der Waals surface area contributed by atoms with Crippen molar-refractivity contribution >= 4 is 27.5 Å². The van der Waals surface area contributed by atoms with Gasteiger partial charge < -0.3 is 4.52 Å². The SMILES string of the molecule is Clc1cccc(-c2noc(Br)n2)c1. The third-order valence-electron chi connectivity index (χ3n) is 1.48. The Kier molecular flexibility index (Phi) is 2.33. The molecule has 1 aromatic heterocycles. The fourth-order valence-electron chi connectivity index (χ4n) is 0.950. The molecule has 3 nitrogen and oxygen atoms in total. The van der Waals surface area contributed by atoms with Crippen molar-refractivity contribution < 1.29 is 4.52 Å². The van der Waals surface area contributed by atoms with Crippen molar-refractivity contribution in [3.63, 3.8) is 0 Å². The van der Waals surface area contributed by atoms with Crippen LogP contribution in [-0.4, -0.2) is 10.1 Å². The molecule has 0 saturated heterocycles. The Morgan fingerprint density at radius 2 is 2.23 bits per heavy atom. The van der Waals surface area contributed by atoms with Gasteiger partial charge in [-0.05, 0) is 12.1 Å². The minimum atomic E-state index is 0.363. The smallest absolute Gasteiger partial charge is 0.294 e. The highest BCUT2D eigenvalue weighted by molar-refractivity contribution is 9.10. The summed E-state index contributed by atoms with van der Waals surface area (Å²) in [6.07, 6.45) is 0. The van der Waals surface area contributed by atoms with Crippen LogP contribution in [0.1, 0.15) is 0 Å². The predicted molar refractivity (Wildman–Crippen MR) is 52.4 cm³/mol. The van der Waals surface area contributed by atoms with Crippen molar-refractivity contribution in [2.75, 3.05) is 0 Å². The fourth-order valence-corrected chi connectivity index (χ4v) is 1.38. The first-order chi connectivity index (χ1) is 6.25. The maximum Gasteiger partial charge on any atom is 0.294 e. The zero-order valence-corrected chi connectivity index (χ0v) is 8.71. The van der Waals surface area contributed by atoms with E-state index >= 15 is 0 Å². The van der Waals surface area contributed by atoms with E-state index in [9.17, 15) is 0 Å². The lowest BCUT2D eigenvalue weighted by molar-refractivity contribution is 0.397. The van der Waals surface area contributed by atoms with Gasteiger partial charge in [-0.25, -0.2) is 0 Å². The fraction of sp³-hybridized carbons (Fsp3) is 0. The molecule has 13 heavy (non-hydrogen) atoms. The molecule has 0 aliphatic heterocycles. The zero-order valence-electron chi connectivity index (χ0n) is 6.37. The Bertz CT molecular complexity index is 430. The van der Waals surface area contributed by atoms with Crippen molar-refractivity contribution in [1.82, 2.24) is 10.1 Å². The number of nitrogens with zero attached hydrogens (tertiary/aromatic N) is 2. The van der Waals surface area contributed by atoms with E-state index in [1.54, 1.807) is 12.1 Å². The first-order valence-corrected chi connectivity index (χ1v) is 4.68. The summed E-state index contributed by atoms with van der Waals surface area (Å²) in [5.74, 6) is 0.523. The lowest BCUT2D eigenvalue weighted by Crippen LogP contribution is -1.79. The monoisotopic (exact) mass is 258 g/mol. The molecule has 0 atom stereocenters. The second-order valence-corrected chi connectivity index (χ2v) is 3.50. The molecule has 2 aromatic rings. The summed E-state index contributed by atoms with van der Waals surface area (Å²) in [7, 11) is 0. The summed E-state index contributed by atoms with van der Waals surface area (Å²) < 4.78 is 4.77. The summed E-state index contributed by atoms with van der Waals surface area (Å²) >= 11 is 8.88. The highest BCUT2D eigenvalue weighted by Crippen LogP contribution is 2.20. The number of halogens is 2. The Labute approximate surface area is 87.8 Å². The minimum absolute atomic E-state index is 0.363. The van der Waals surface area contributed by atoms with Crippen LogP contribution in [0.25, 0.3) is 11.4 Å². The molecular weight excluding hydrogens is 255 g/mol. The van der Waals surface area contributed by atoms with Gasteiger partial charge in [-0.2, -0.15) is 4.98 Å². The summed E-state index contributed by atoms with van der Waals surface area (Å²) in [4.78, 5) is 4.37. The van der Waals surface area contributed by atoms with E-state index in [2.05, 4.69) is 26.1 Å². The minimum Gasteiger partial charge on any atom is -0.326 e. The molecule has 2 rings (SSSR count). The van der Waals surface area contributed by atoms with E-state index in [0.717, 1.165) is 5.56 Å². The Balaban J connectivity index is 2.46.